The molecule has 2 amide bonds. The number of thiophene rings is 1. The molecule has 1 saturated carbocycles. The van der Waals surface area contributed by atoms with Gasteiger partial charge in [0.15, 0.2) is 0 Å². The van der Waals surface area contributed by atoms with Gasteiger partial charge in [0.1, 0.15) is 0 Å². The van der Waals surface area contributed by atoms with Crippen LogP contribution in [0.3, 0.4) is 0 Å². The molecule has 2 aliphatic rings. The van der Waals surface area contributed by atoms with Gasteiger partial charge in [0, 0.05) is 23.9 Å². The number of fused-ring (bicyclic) bond motifs is 1. The van der Waals surface area contributed by atoms with Gasteiger partial charge in [-0.1, -0.05) is 74.5 Å². The van der Waals surface area contributed by atoms with Crippen LogP contribution in [0, 0.1) is 11.8 Å². The summed E-state index contributed by atoms with van der Waals surface area (Å²) in [5.41, 5.74) is 3.58. The molecule has 0 bridgehead atoms. The zero-order valence-corrected chi connectivity index (χ0v) is 20.7. The van der Waals surface area contributed by atoms with Gasteiger partial charge in [-0.2, -0.15) is 0 Å². The van der Waals surface area contributed by atoms with Crippen LogP contribution in [-0.2, 0) is 16.0 Å². The minimum absolute atomic E-state index is 0.0105. The maximum Gasteiger partial charge on any atom is 0.242 e. The predicted octanol–water partition coefficient (Wildman–Crippen LogP) is 5.51. The lowest BCUT2D eigenvalue weighted by atomic mass is 9.93. The zero-order valence-electron chi connectivity index (χ0n) is 19.9. The lowest BCUT2D eigenvalue weighted by Gasteiger charge is -2.38. The third-order valence-corrected chi connectivity index (χ3v) is 7.96. The Balaban J connectivity index is 1.35. The van der Waals surface area contributed by atoms with Crippen molar-refractivity contribution in [1.29, 1.82) is 0 Å². The van der Waals surface area contributed by atoms with Crippen molar-refractivity contribution in [2.24, 2.45) is 11.8 Å². The minimum Gasteiger partial charge on any atom is -0.333 e. The van der Waals surface area contributed by atoms with Crippen molar-refractivity contribution in [1.82, 2.24) is 9.80 Å². The van der Waals surface area contributed by atoms with E-state index in [-0.39, 0.29) is 36.2 Å². The molecule has 2 heterocycles. The van der Waals surface area contributed by atoms with E-state index in [0.717, 1.165) is 18.4 Å². The van der Waals surface area contributed by atoms with E-state index in [0.29, 0.717) is 19.0 Å². The standard InChI is InChI=1S/C29H32N2O2S/c1-20(2)18-30(29(33)25-17-24(25)21-9-5-3-6-10-21)19-27(32)31-15-13-26-23(14-16-34-26)28(31)22-11-7-4-8-12-22/h3-12,14,16,20,24-25,28H,13,15,17-19H2,1-2H3. The van der Waals surface area contributed by atoms with Crippen molar-refractivity contribution in [3.05, 3.63) is 93.7 Å². The monoisotopic (exact) mass is 472 g/mol. The fourth-order valence-electron chi connectivity index (χ4n) is 5.28. The summed E-state index contributed by atoms with van der Waals surface area (Å²) in [6.45, 7) is 5.66. The highest BCUT2D eigenvalue weighted by atomic mass is 32.1. The first-order valence-corrected chi connectivity index (χ1v) is 13.1. The third-order valence-electron chi connectivity index (χ3n) is 6.96. The Morgan fingerprint density at radius 2 is 1.68 bits per heavy atom. The van der Waals surface area contributed by atoms with Crippen LogP contribution in [0.2, 0.25) is 0 Å². The molecule has 0 radical (unpaired) electrons. The van der Waals surface area contributed by atoms with Crippen LogP contribution in [0.25, 0.3) is 0 Å². The maximum absolute atomic E-state index is 13.7. The van der Waals surface area contributed by atoms with Crippen molar-refractivity contribution in [2.75, 3.05) is 19.6 Å². The van der Waals surface area contributed by atoms with E-state index in [2.05, 4.69) is 49.6 Å². The summed E-state index contributed by atoms with van der Waals surface area (Å²) in [5, 5.41) is 2.12. The van der Waals surface area contributed by atoms with Gasteiger partial charge in [-0.25, -0.2) is 0 Å². The van der Waals surface area contributed by atoms with Crippen LogP contribution in [-0.4, -0.2) is 41.2 Å². The van der Waals surface area contributed by atoms with Gasteiger partial charge < -0.3 is 9.80 Å². The molecule has 3 atom stereocenters. The quantitative estimate of drug-likeness (QED) is 0.455. The van der Waals surface area contributed by atoms with Gasteiger partial charge >= 0.3 is 0 Å². The molecule has 5 heteroatoms. The van der Waals surface area contributed by atoms with E-state index in [1.165, 1.54) is 16.0 Å². The number of carbonyl (C=O) groups excluding carboxylic acids is 2. The van der Waals surface area contributed by atoms with Gasteiger partial charge in [0.2, 0.25) is 11.8 Å². The summed E-state index contributed by atoms with van der Waals surface area (Å²) in [6.07, 6.45) is 1.75. The van der Waals surface area contributed by atoms with Gasteiger partial charge in [-0.15, -0.1) is 11.3 Å². The second-order valence-electron chi connectivity index (χ2n) is 9.92. The molecule has 176 valence electrons. The number of hydrogen-bond acceptors (Lipinski definition) is 3. The number of hydrogen-bond donors (Lipinski definition) is 0. The molecule has 2 aromatic carbocycles. The first-order valence-electron chi connectivity index (χ1n) is 12.3. The largest absolute Gasteiger partial charge is 0.333 e. The van der Waals surface area contributed by atoms with Crippen molar-refractivity contribution in [3.63, 3.8) is 0 Å². The molecule has 34 heavy (non-hydrogen) atoms. The molecule has 0 N–H and O–H groups in total. The van der Waals surface area contributed by atoms with Gasteiger partial charge in [-0.05, 0) is 52.8 Å². The van der Waals surface area contributed by atoms with E-state index < -0.39 is 0 Å². The van der Waals surface area contributed by atoms with Crippen LogP contribution >= 0.6 is 11.3 Å². The van der Waals surface area contributed by atoms with E-state index in [1.54, 1.807) is 11.3 Å². The highest BCUT2D eigenvalue weighted by molar-refractivity contribution is 7.10. The zero-order chi connectivity index (χ0) is 23.7. The summed E-state index contributed by atoms with van der Waals surface area (Å²) < 4.78 is 0. The Labute approximate surface area is 206 Å². The summed E-state index contributed by atoms with van der Waals surface area (Å²) in [5.74, 6) is 0.736. The van der Waals surface area contributed by atoms with Gasteiger partial charge in [-0.3, -0.25) is 9.59 Å². The van der Waals surface area contributed by atoms with E-state index in [9.17, 15) is 9.59 Å². The lowest BCUT2D eigenvalue weighted by molar-refractivity contribution is -0.142. The van der Waals surface area contributed by atoms with Crippen LogP contribution in [0.4, 0.5) is 0 Å². The summed E-state index contributed by atoms with van der Waals surface area (Å²) >= 11 is 1.77. The van der Waals surface area contributed by atoms with Crippen LogP contribution < -0.4 is 0 Å². The fourth-order valence-corrected chi connectivity index (χ4v) is 6.18. The molecule has 1 aliphatic heterocycles. The van der Waals surface area contributed by atoms with Crippen molar-refractivity contribution < 1.29 is 9.59 Å². The Kier molecular flexibility index (Phi) is 6.55. The smallest absolute Gasteiger partial charge is 0.242 e. The van der Waals surface area contributed by atoms with Crippen molar-refractivity contribution in [2.45, 2.75) is 38.6 Å². The van der Waals surface area contributed by atoms with Crippen molar-refractivity contribution >= 4 is 23.2 Å². The van der Waals surface area contributed by atoms with Crippen LogP contribution in [0.15, 0.2) is 72.1 Å². The molecule has 4 nitrogen and oxygen atoms in total. The molecule has 1 fully saturated rings. The molecular weight excluding hydrogens is 440 g/mol. The molecule has 0 spiro atoms. The van der Waals surface area contributed by atoms with Crippen LogP contribution in [0.5, 0.6) is 0 Å². The Hall–Kier alpha value is -2.92. The number of nitrogens with zero attached hydrogens (tertiary/aromatic N) is 2. The maximum atomic E-state index is 13.7. The first kappa shape index (κ1) is 22.9. The molecule has 0 saturated heterocycles. The summed E-state index contributed by atoms with van der Waals surface area (Å²) in [6, 6.07) is 22.6. The molecule has 3 unspecified atom stereocenters. The Morgan fingerprint density at radius 3 is 2.35 bits per heavy atom. The number of rotatable bonds is 7. The van der Waals surface area contributed by atoms with E-state index in [4.69, 9.17) is 0 Å². The van der Waals surface area contributed by atoms with Gasteiger partial charge in [0.05, 0.1) is 12.6 Å². The normalized spacial score (nSPS) is 21.3. The Morgan fingerprint density at radius 1 is 1.00 bits per heavy atom. The topological polar surface area (TPSA) is 40.6 Å². The first-order chi connectivity index (χ1) is 16.5. The summed E-state index contributed by atoms with van der Waals surface area (Å²) in [7, 11) is 0. The lowest BCUT2D eigenvalue weighted by Crippen LogP contribution is -2.48. The van der Waals surface area contributed by atoms with Crippen LogP contribution in [0.1, 0.15) is 53.8 Å². The second-order valence-corrected chi connectivity index (χ2v) is 10.9. The predicted molar refractivity (Wildman–Crippen MR) is 137 cm³/mol. The van der Waals surface area contributed by atoms with E-state index >= 15 is 0 Å². The second kappa shape index (κ2) is 9.75. The Bertz CT molecular complexity index is 1140. The molecule has 1 aromatic heterocycles. The molecule has 1 aliphatic carbocycles. The number of carbonyl (C=O) groups is 2. The average molecular weight is 473 g/mol. The average Bonchev–Trinajstić information content (AvgIpc) is 3.51. The highest BCUT2D eigenvalue weighted by Crippen LogP contribution is 2.48. The highest BCUT2D eigenvalue weighted by Gasteiger charge is 2.46. The molecule has 3 aromatic rings. The SMILES string of the molecule is CC(C)CN(CC(=O)N1CCc2sccc2C1c1ccccc1)C(=O)C1CC1c1ccccc1. The number of benzene rings is 2. The third kappa shape index (κ3) is 4.67. The molecule has 5 rings (SSSR count). The minimum atomic E-state index is -0.0855. The van der Waals surface area contributed by atoms with Gasteiger partial charge in [0.25, 0.3) is 0 Å². The molecular formula is C29H32N2O2S. The summed E-state index contributed by atoms with van der Waals surface area (Å²) in [4.78, 5) is 32.4. The van der Waals surface area contributed by atoms with E-state index in [1.807, 2.05) is 46.2 Å². The fraction of sp³-hybridized carbons (Fsp3) is 0.379. The van der Waals surface area contributed by atoms with Crippen molar-refractivity contribution in [3.8, 4) is 0 Å². The number of amides is 2.